The van der Waals surface area contributed by atoms with Gasteiger partial charge in [-0.1, -0.05) is 149 Å². The molecule has 176 valence electrons. The second-order valence-corrected chi connectivity index (χ2v) is 0. The molecular formula is C20H85NO. The zero-order valence-corrected chi connectivity index (χ0v) is 1.21. The molecule has 0 saturated carbocycles. The summed E-state index contributed by atoms with van der Waals surface area (Å²) < 4.78 is 0. The lowest BCUT2D eigenvalue weighted by atomic mass is 12.0. The highest BCUT2D eigenvalue weighted by atomic mass is 16.0. The molecule has 0 fully saturated rings. The largest absolute Gasteiger partial charge is 0.412 e. The second-order valence-electron chi connectivity index (χ2n) is 0. The van der Waals surface area contributed by atoms with Gasteiger partial charge in [0.05, 0.1) is 0 Å². The van der Waals surface area contributed by atoms with Gasteiger partial charge in [-0.2, -0.15) is 0 Å². The Morgan fingerprint density at radius 3 is 0.136 bits per heavy atom. The lowest BCUT2D eigenvalue weighted by Gasteiger charge is -0.412. The Morgan fingerprint density at radius 2 is 0.136 bits per heavy atom. The van der Waals surface area contributed by atoms with Crippen LogP contribution in [0.25, 0.3) is 0 Å². The molecule has 22 heavy (non-hydrogen) atoms. The van der Waals surface area contributed by atoms with E-state index in [1.165, 1.54) is 0 Å². The Bertz CT molecular complexity index is 11.7. The third-order valence-corrected chi connectivity index (χ3v) is 0. The first-order valence-electron chi connectivity index (χ1n) is 0. The molecule has 5 N–H and O–H groups in total. The van der Waals surface area contributed by atoms with Crippen molar-refractivity contribution in [3.05, 3.63) is 0 Å². The molecule has 0 radical (unpaired) electrons. The van der Waals surface area contributed by atoms with Crippen molar-refractivity contribution >= 4 is 0 Å². The monoisotopic (exact) mass is 356 g/mol. The number of rotatable bonds is 0. The maximum atomic E-state index is 0. The summed E-state index contributed by atoms with van der Waals surface area (Å²) in [6.07, 6.45) is 0. The molecule has 0 bridgehead atoms. The van der Waals surface area contributed by atoms with Crippen molar-refractivity contribution in [1.82, 2.24) is 6.15 Å². The molecule has 0 atom stereocenters. The van der Waals surface area contributed by atoms with E-state index in [0.29, 0.717) is 0 Å². The summed E-state index contributed by atoms with van der Waals surface area (Å²) in [5.74, 6) is 0. The predicted molar refractivity (Wildman–Crippen MR) is 143 cm³/mol. The van der Waals surface area contributed by atoms with E-state index >= 15 is 0 Å². The van der Waals surface area contributed by atoms with Gasteiger partial charge in [-0.3, -0.25) is 0 Å². The van der Waals surface area contributed by atoms with E-state index in [9.17, 15) is 0 Å². The third-order valence-electron chi connectivity index (χ3n) is 0. The topological polar surface area (TPSA) is 66.5 Å². The first kappa shape index (κ1) is 1500000. The Labute approximate surface area is 160 Å². The Morgan fingerprint density at radius 1 is 0.136 bits per heavy atom. The summed E-state index contributed by atoms with van der Waals surface area (Å²) >= 11 is 0. The quantitative estimate of drug-likeness (QED) is 0.461. The average Bonchev–Trinajstić information content (AvgIpc) is 0. The molecule has 0 aliphatic carbocycles. The summed E-state index contributed by atoms with van der Waals surface area (Å²) in [4.78, 5) is 0. The fourth-order valence-corrected chi connectivity index (χ4v) is 0. The fraction of sp³-hybridized carbons (Fsp3) is 1.00. The number of hydrogen-bond acceptors (Lipinski definition) is 1. The smallest absolute Gasteiger partial charge is 0.0776 e. The lowest BCUT2D eigenvalue weighted by Crippen LogP contribution is -0.481. The summed E-state index contributed by atoms with van der Waals surface area (Å²) in [7, 11) is 0. The van der Waals surface area contributed by atoms with Crippen LogP contribution in [0, 0.1) is 0 Å². The lowest BCUT2D eigenvalue weighted by molar-refractivity contribution is 0.824. The summed E-state index contributed by atoms with van der Waals surface area (Å²) in [6.45, 7) is 0. The zero-order valence-electron chi connectivity index (χ0n) is 1.21. The summed E-state index contributed by atoms with van der Waals surface area (Å²) in [5.41, 5.74) is 0. The molecule has 0 aromatic carbocycles. The molecule has 0 heterocycles. The van der Waals surface area contributed by atoms with Crippen LogP contribution in [-0.4, -0.2) is 5.48 Å². The third kappa shape index (κ3) is 1110000. The highest BCUT2D eigenvalue weighted by Gasteiger charge is -0.0584. The van der Waals surface area contributed by atoms with Crippen molar-refractivity contribution in [2.75, 3.05) is 0 Å². The van der Waals surface area contributed by atoms with Gasteiger partial charge in [0.2, 0.25) is 0 Å². The van der Waals surface area contributed by atoms with Crippen molar-refractivity contribution < 1.29 is 5.48 Å². The van der Waals surface area contributed by atoms with Crippen LogP contribution >= 0.6 is 0 Å². The van der Waals surface area contributed by atoms with Crippen LogP contribution in [0.5, 0.6) is 0 Å². The number of hydrogen-bond donors (Lipinski definition) is 1. The molecule has 0 aliphatic heterocycles. The SMILES string of the molecule is C.C.C.C.C.C.C.C.C.C.C.C.C.C.C.C.C.C.C.C.N.O. The minimum absolute atomic E-state index is 0. The van der Waals surface area contributed by atoms with Gasteiger partial charge in [0.25, 0.3) is 0 Å². The maximum Gasteiger partial charge on any atom is -0.0776 e. The highest BCUT2D eigenvalue weighted by molar-refractivity contribution is 2.52. The first-order valence-corrected chi connectivity index (χ1v) is 0. The highest BCUT2D eigenvalue weighted by Crippen LogP contribution is 0.163. The van der Waals surface area contributed by atoms with Crippen LogP contribution in [0.15, 0.2) is 0 Å². The van der Waals surface area contributed by atoms with Crippen LogP contribution in [0.3, 0.4) is 0 Å². The second kappa shape index (κ2) is 1300000. The molecule has 2 nitrogen and oxygen atoms in total. The van der Waals surface area contributed by atoms with Crippen molar-refractivity contribution in [2.45, 2.75) is 149 Å². The van der Waals surface area contributed by atoms with Crippen LogP contribution < -0.4 is 6.15 Å². The van der Waals surface area contributed by atoms with Gasteiger partial charge >= 0.3 is 0 Å². The molecule has 0 aliphatic rings. The summed E-state index contributed by atoms with van der Waals surface area (Å²) in [5, 5.41) is 0. The van der Waals surface area contributed by atoms with Crippen molar-refractivity contribution in [2.24, 2.45) is 0 Å². The minimum atomic E-state index is 0. The predicted octanol–water partition coefficient (Wildman–Crippen LogP) is 12.1. The average molecular weight is 356 g/mol. The molecule has 0 aromatic rings. The van der Waals surface area contributed by atoms with Crippen LogP contribution in [0.1, 0.15) is 149 Å². The Kier molecular flexibility index (Phi) is 88400000000. The molecule has 0 unspecified atom stereocenters. The van der Waals surface area contributed by atoms with Gasteiger partial charge in [0.1, 0.15) is 0 Å². The van der Waals surface area contributed by atoms with Gasteiger partial charge < -0.3 is 11.6 Å². The fourth-order valence-electron chi connectivity index (χ4n) is 0. The standard InChI is InChI=1S/20CH4.H3N.H2O/h20*1H4;1H3;1H2. The molecule has 0 spiro atoms. The van der Waals surface area contributed by atoms with E-state index in [1.807, 2.05) is 0 Å². The Balaban J connectivity index is 0. The minimum Gasteiger partial charge on any atom is -0.412 e. The molecule has 0 saturated heterocycles. The normalized spacial score (nSPS) is 0. The van der Waals surface area contributed by atoms with E-state index in [4.69, 9.17) is 0 Å². The van der Waals surface area contributed by atoms with Gasteiger partial charge in [0, 0.05) is 0 Å². The molecule has 0 rings (SSSR count). The molecule has 2 heteroatoms. The first-order chi connectivity index (χ1) is 0. The van der Waals surface area contributed by atoms with E-state index in [-0.39, 0.29) is 160 Å². The van der Waals surface area contributed by atoms with Gasteiger partial charge in [-0.05, 0) is 0 Å². The van der Waals surface area contributed by atoms with Crippen LogP contribution in [0.2, 0.25) is 0 Å². The molecule has 0 aromatic heterocycles. The Hall–Kier alpha value is -0.0800. The van der Waals surface area contributed by atoms with Crippen LogP contribution in [0.4, 0.5) is 0 Å². The van der Waals surface area contributed by atoms with E-state index in [1.54, 1.807) is 0 Å². The van der Waals surface area contributed by atoms with Crippen LogP contribution in [-0.2, 0) is 0 Å². The van der Waals surface area contributed by atoms with Gasteiger partial charge in [0.15, 0.2) is 0 Å². The van der Waals surface area contributed by atoms with E-state index < -0.39 is 0 Å². The zero-order chi connectivity index (χ0) is 0. The van der Waals surface area contributed by atoms with Crippen molar-refractivity contribution in [3.8, 4) is 0 Å². The maximum absolute atomic E-state index is 0. The van der Waals surface area contributed by atoms with Gasteiger partial charge in [-0.25, -0.2) is 0 Å². The molecule has 0 amide bonds. The van der Waals surface area contributed by atoms with E-state index in [0.717, 1.165) is 0 Å². The van der Waals surface area contributed by atoms with Gasteiger partial charge in [-0.15, -0.1) is 0 Å². The van der Waals surface area contributed by atoms with Crippen molar-refractivity contribution in [3.63, 3.8) is 0 Å². The van der Waals surface area contributed by atoms with Crippen molar-refractivity contribution in [1.29, 1.82) is 0 Å². The summed E-state index contributed by atoms with van der Waals surface area (Å²) in [6, 6.07) is 0. The molecular weight excluding hydrogens is 270 g/mol. The van der Waals surface area contributed by atoms with E-state index in [2.05, 4.69) is 0 Å².